The molecule has 0 aliphatic heterocycles. The zero-order valence-electron chi connectivity index (χ0n) is 11.6. The van der Waals surface area contributed by atoms with Crippen molar-refractivity contribution in [2.45, 2.75) is 26.8 Å². The summed E-state index contributed by atoms with van der Waals surface area (Å²) in [5, 5.41) is 4.35. The monoisotopic (exact) mass is 333 g/mol. The highest BCUT2D eigenvalue weighted by atomic mass is 79.9. The number of aromatic nitrogens is 4. The van der Waals surface area contributed by atoms with Crippen molar-refractivity contribution in [3.8, 4) is 11.3 Å². The molecule has 20 heavy (non-hydrogen) atoms. The minimum absolute atomic E-state index is 0.317. The fourth-order valence-corrected chi connectivity index (χ4v) is 2.56. The standard InChI is InChI=1S/C14H16BrN5/c1-8(2)19-7-10(6-17-19)13-14(16)20-9(3)11(15)4-5-12(20)18-13/h4-8H,16H2,1-3H3. The molecule has 0 bridgehead atoms. The van der Waals surface area contributed by atoms with Gasteiger partial charge in [0.15, 0.2) is 0 Å². The maximum atomic E-state index is 6.27. The molecule has 0 radical (unpaired) electrons. The van der Waals surface area contributed by atoms with Gasteiger partial charge in [-0.2, -0.15) is 5.10 Å². The van der Waals surface area contributed by atoms with E-state index in [0.29, 0.717) is 11.9 Å². The molecule has 2 N–H and O–H groups in total. The van der Waals surface area contributed by atoms with Gasteiger partial charge in [0.25, 0.3) is 0 Å². The van der Waals surface area contributed by atoms with Crippen molar-refractivity contribution < 1.29 is 0 Å². The number of rotatable bonds is 2. The third kappa shape index (κ3) is 1.91. The van der Waals surface area contributed by atoms with E-state index in [-0.39, 0.29) is 0 Å². The highest BCUT2D eigenvalue weighted by molar-refractivity contribution is 9.10. The fourth-order valence-electron chi connectivity index (χ4n) is 2.25. The predicted molar refractivity (Wildman–Crippen MR) is 83.6 cm³/mol. The highest BCUT2D eigenvalue weighted by Gasteiger charge is 2.15. The Labute approximate surface area is 125 Å². The molecule has 0 saturated carbocycles. The largest absolute Gasteiger partial charge is 0.383 e. The summed E-state index contributed by atoms with van der Waals surface area (Å²) >= 11 is 3.52. The Kier molecular flexibility index (Phi) is 3.05. The summed E-state index contributed by atoms with van der Waals surface area (Å²) in [4.78, 5) is 4.62. The second kappa shape index (κ2) is 4.63. The quantitative estimate of drug-likeness (QED) is 0.781. The van der Waals surface area contributed by atoms with E-state index in [9.17, 15) is 0 Å². The molecular weight excluding hydrogens is 318 g/mol. The third-order valence-electron chi connectivity index (χ3n) is 3.40. The van der Waals surface area contributed by atoms with Crippen molar-refractivity contribution in [3.63, 3.8) is 0 Å². The van der Waals surface area contributed by atoms with Crippen LogP contribution in [0.2, 0.25) is 0 Å². The molecule has 0 aromatic carbocycles. The number of halogens is 1. The summed E-state index contributed by atoms with van der Waals surface area (Å²) in [5.74, 6) is 0.641. The van der Waals surface area contributed by atoms with Gasteiger partial charge in [0.1, 0.15) is 17.2 Å². The zero-order valence-corrected chi connectivity index (χ0v) is 13.2. The molecule has 0 aliphatic rings. The van der Waals surface area contributed by atoms with Crippen LogP contribution < -0.4 is 5.73 Å². The second-order valence-electron chi connectivity index (χ2n) is 5.11. The van der Waals surface area contributed by atoms with Crippen LogP contribution in [0.4, 0.5) is 5.82 Å². The normalized spacial score (nSPS) is 11.7. The molecule has 0 fully saturated rings. The van der Waals surface area contributed by atoms with E-state index in [1.807, 2.05) is 40.5 Å². The summed E-state index contributed by atoms with van der Waals surface area (Å²) < 4.78 is 4.87. The lowest BCUT2D eigenvalue weighted by Gasteiger charge is -2.04. The molecule has 0 amide bonds. The van der Waals surface area contributed by atoms with Crippen LogP contribution in [0, 0.1) is 6.92 Å². The number of imidazole rings is 1. The number of fused-ring (bicyclic) bond motifs is 1. The van der Waals surface area contributed by atoms with Gasteiger partial charge in [-0.1, -0.05) is 0 Å². The number of nitrogen functional groups attached to an aromatic ring is 1. The molecule has 0 spiro atoms. The molecule has 6 heteroatoms. The molecule has 3 aromatic heterocycles. The summed E-state index contributed by atoms with van der Waals surface area (Å²) in [6, 6.07) is 4.25. The summed E-state index contributed by atoms with van der Waals surface area (Å²) in [6.45, 7) is 6.19. The molecule has 3 aromatic rings. The Morgan fingerprint density at radius 3 is 2.70 bits per heavy atom. The summed E-state index contributed by atoms with van der Waals surface area (Å²) in [6.07, 6.45) is 3.79. The van der Waals surface area contributed by atoms with Gasteiger partial charge in [-0.25, -0.2) is 4.98 Å². The van der Waals surface area contributed by atoms with Crippen LogP contribution in [-0.4, -0.2) is 19.2 Å². The van der Waals surface area contributed by atoms with Crippen LogP contribution in [0.5, 0.6) is 0 Å². The van der Waals surface area contributed by atoms with E-state index in [1.54, 1.807) is 0 Å². The van der Waals surface area contributed by atoms with Crippen molar-refractivity contribution in [1.82, 2.24) is 19.2 Å². The van der Waals surface area contributed by atoms with Gasteiger partial charge in [-0.3, -0.25) is 9.08 Å². The first-order valence-corrected chi connectivity index (χ1v) is 7.26. The Morgan fingerprint density at radius 1 is 1.30 bits per heavy atom. The average molecular weight is 334 g/mol. The van der Waals surface area contributed by atoms with E-state index < -0.39 is 0 Å². The molecule has 0 aliphatic carbocycles. The van der Waals surface area contributed by atoms with Crippen LogP contribution in [0.3, 0.4) is 0 Å². The fraction of sp³-hybridized carbons (Fsp3) is 0.286. The Morgan fingerprint density at radius 2 is 2.05 bits per heavy atom. The van der Waals surface area contributed by atoms with Gasteiger partial charge < -0.3 is 5.73 Å². The Balaban J connectivity index is 2.21. The number of hydrogen-bond acceptors (Lipinski definition) is 3. The van der Waals surface area contributed by atoms with Gasteiger partial charge in [0.05, 0.1) is 6.20 Å². The number of hydrogen-bond donors (Lipinski definition) is 1. The first-order valence-electron chi connectivity index (χ1n) is 6.46. The number of pyridine rings is 1. The Hall–Kier alpha value is -1.82. The van der Waals surface area contributed by atoms with Crippen molar-refractivity contribution in [3.05, 3.63) is 34.7 Å². The SMILES string of the molecule is Cc1c(Br)ccc2nc(-c3cnn(C(C)C)c3)c(N)n12. The van der Waals surface area contributed by atoms with Crippen molar-refractivity contribution >= 4 is 27.4 Å². The van der Waals surface area contributed by atoms with Crippen LogP contribution in [0.25, 0.3) is 16.9 Å². The van der Waals surface area contributed by atoms with Gasteiger partial charge in [0, 0.05) is 28.0 Å². The third-order valence-corrected chi connectivity index (χ3v) is 4.24. The first kappa shape index (κ1) is 13.2. The maximum absolute atomic E-state index is 6.27. The number of nitrogens with two attached hydrogens (primary N) is 1. The molecular formula is C14H16BrN5. The molecule has 3 rings (SSSR count). The lowest BCUT2D eigenvalue weighted by atomic mass is 10.2. The van der Waals surface area contributed by atoms with Gasteiger partial charge in [-0.05, 0) is 48.8 Å². The van der Waals surface area contributed by atoms with Crippen molar-refractivity contribution in [2.24, 2.45) is 0 Å². The lowest BCUT2D eigenvalue weighted by Crippen LogP contribution is -2.00. The first-order chi connectivity index (χ1) is 9.49. The van der Waals surface area contributed by atoms with Crippen LogP contribution in [-0.2, 0) is 0 Å². The predicted octanol–water partition coefficient (Wildman–Crippen LogP) is 3.43. The van der Waals surface area contributed by atoms with Crippen molar-refractivity contribution in [2.75, 3.05) is 5.73 Å². The van der Waals surface area contributed by atoms with E-state index in [4.69, 9.17) is 5.73 Å². The molecule has 5 nitrogen and oxygen atoms in total. The van der Waals surface area contributed by atoms with E-state index in [1.165, 1.54) is 0 Å². The van der Waals surface area contributed by atoms with Gasteiger partial charge >= 0.3 is 0 Å². The highest BCUT2D eigenvalue weighted by Crippen LogP contribution is 2.29. The van der Waals surface area contributed by atoms with Crippen molar-refractivity contribution in [1.29, 1.82) is 0 Å². The van der Waals surface area contributed by atoms with Gasteiger partial charge in [0.2, 0.25) is 0 Å². The maximum Gasteiger partial charge on any atom is 0.139 e. The molecule has 0 saturated heterocycles. The average Bonchev–Trinajstić information content (AvgIpc) is 2.99. The number of anilines is 1. The summed E-state index contributed by atoms with van der Waals surface area (Å²) in [5.41, 5.74) is 9.86. The summed E-state index contributed by atoms with van der Waals surface area (Å²) in [7, 11) is 0. The molecule has 3 heterocycles. The van der Waals surface area contributed by atoms with Crippen LogP contribution in [0.15, 0.2) is 29.0 Å². The van der Waals surface area contributed by atoms with E-state index in [2.05, 4.69) is 39.9 Å². The lowest BCUT2D eigenvalue weighted by molar-refractivity contribution is 0.532. The smallest absolute Gasteiger partial charge is 0.139 e. The number of nitrogens with zero attached hydrogens (tertiary/aromatic N) is 4. The second-order valence-corrected chi connectivity index (χ2v) is 5.96. The van der Waals surface area contributed by atoms with Crippen LogP contribution >= 0.6 is 15.9 Å². The molecule has 104 valence electrons. The topological polar surface area (TPSA) is 61.1 Å². The minimum atomic E-state index is 0.317. The molecule has 0 unspecified atom stereocenters. The zero-order chi connectivity index (χ0) is 14.4. The Bertz CT molecular complexity index is 784. The van der Waals surface area contributed by atoms with E-state index in [0.717, 1.165) is 27.1 Å². The van der Waals surface area contributed by atoms with Crippen LogP contribution in [0.1, 0.15) is 25.6 Å². The minimum Gasteiger partial charge on any atom is -0.383 e. The number of aryl methyl sites for hydroxylation is 1. The molecule has 0 atom stereocenters. The van der Waals surface area contributed by atoms with E-state index >= 15 is 0 Å². The van der Waals surface area contributed by atoms with Gasteiger partial charge in [-0.15, -0.1) is 0 Å².